The van der Waals surface area contributed by atoms with E-state index in [9.17, 15) is 0 Å². The molecule has 3 rings (SSSR count). The Morgan fingerprint density at radius 3 is 3.00 bits per heavy atom. The lowest BCUT2D eigenvalue weighted by Crippen LogP contribution is -2.13. The summed E-state index contributed by atoms with van der Waals surface area (Å²) in [4.78, 5) is 0. The van der Waals surface area contributed by atoms with E-state index < -0.39 is 0 Å². The van der Waals surface area contributed by atoms with Gasteiger partial charge in [0.05, 0.1) is 0 Å². The van der Waals surface area contributed by atoms with Crippen molar-refractivity contribution in [2.24, 2.45) is 0 Å². The Balaban J connectivity index is 1.84. The van der Waals surface area contributed by atoms with Crippen LogP contribution in [0.1, 0.15) is 30.9 Å². The second-order valence-electron chi connectivity index (χ2n) is 4.33. The first-order valence-electron chi connectivity index (χ1n) is 5.38. The van der Waals surface area contributed by atoms with Crippen molar-refractivity contribution in [3.63, 3.8) is 0 Å². The largest absolute Gasteiger partial charge is 0.361 e. The number of halogens is 1. The minimum atomic E-state index is 0.0967. The Labute approximate surface area is 94.7 Å². The summed E-state index contributed by atoms with van der Waals surface area (Å²) < 4.78 is 5.88. The van der Waals surface area contributed by atoms with Crippen LogP contribution >= 0.6 is 11.6 Å². The SMILES string of the molecule is Clc1cccc(C2OC23CC=CCC3)c1. The van der Waals surface area contributed by atoms with Gasteiger partial charge in [0.25, 0.3) is 0 Å². The molecule has 0 bridgehead atoms. The molecule has 1 aliphatic carbocycles. The second kappa shape index (κ2) is 3.36. The summed E-state index contributed by atoms with van der Waals surface area (Å²) in [6.07, 6.45) is 8.05. The van der Waals surface area contributed by atoms with E-state index in [0.29, 0.717) is 0 Å². The molecule has 1 spiro atoms. The van der Waals surface area contributed by atoms with Gasteiger partial charge in [0.15, 0.2) is 0 Å². The zero-order valence-corrected chi connectivity index (χ0v) is 9.20. The van der Waals surface area contributed by atoms with E-state index in [2.05, 4.69) is 18.2 Å². The van der Waals surface area contributed by atoms with Crippen molar-refractivity contribution < 1.29 is 4.74 Å². The van der Waals surface area contributed by atoms with Crippen LogP contribution in [0.3, 0.4) is 0 Å². The molecular weight excluding hydrogens is 208 g/mol. The van der Waals surface area contributed by atoms with Crippen molar-refractivity contribution in [2.45, 2.75) is 31.0 Å². The van der Waals surface area contributed by atoms with E-state index in [1.54, 1.807) is 0 Å². The molecule has 0 amide bonds. The topological polar surface area (TPSA) is 12.5 Å². The summed E-state index contributed by atoms with van der Waals surface area (Å²) in [7, 11) is 0. The molecule has 1 nitrogen and oxygen atoms in total. The highest BCUT2D eigenvalue weighted by Crippen LogP contribution is 2.56. The number of ether oxygens (including phenoxy) is 1. The Hall–Kier alpha value is -0.790. The minimum Gasteiger partial charge on any atom is -0.361 e. The third kappa shape index (κ3) is 1.60. The molecule has 1 fully saturated rings. The minimum absolute atomic E-state index is 0.0967. The van der Waals surface area contributed by atoms with Crippen LogP contribution in [0.25, 0.3) is 0 Å². The third-order valence-corrected chi connectivity index (χ3v) is 3.52. The quantitative estimate of drug-likeness (QED) is 0.517. The molecule has 15 heavy (non-hydrogen) atoms. The molecule has 0 N–H and O–H groups in total. The van der Waals surface area contributed by atoms with Crippen LogP contribution in [0, 0.1) is 0 Å². The van der Waals surface area contributed by atoms with Crippen LogP contribution in [-0.4, -0.2) is 5.60 Å². The first-order chi connectivity index (χ1) is 7.30. The van der Waals surface area contributed by atoms with Gasteiger partial charge in [-0.15, -0.1) is 0 Å². The first kappa shape index (κ1) is 9.44. The highest BCUT2D eigenvalue weighted by Gasteiger charge is 2.56. The van der Waals surface area contributed by atoms with E-state index >= 15 is 0 Å². The van der Waals surface area contributed by atoms with Gasteiger partial charge < -0.3 is 4.74 Å². The lowest BCUT2D eigenvalue weighted by atomic mass is 9.88. The average molecular weight is 221 g/mol. The lowest BCUT2D eigenvalue weighted by molar-refractivity contribution is 0.277. The molecule has 1 aliphatic heterocycles. The van der Waals surface area contributed by atoms with Crippen molar-refractivity contribution in [1.29, 1.82) is 0 Å². The number of epoxide rings is 1. The van der Waals surface area contributed by atoms with E-state index in [1.807, 2.05) is 18.2 Å². The molecule has 2 atom stereocenters. The van der Waals surface area contributed by atoms with Gasteiger partial charge in [0.2, 0.25) is 0 Å². The monoisotopic (exact) mass is 220 g/mol. The Morgan fingerprint density at radius 2 is 2.27 bits per heavy atom. The van der Waals surface area contributed by atoms with Gasteiger partial charge in [-0.25, -0.2) is 0 Å². The van der Waals surface area contributed by atoms with Crippen molar-refractivity contribution in [2.75, 3.05) is 0 Å². The van der Waals surface area contributed by atoms with Gasteiger partial charge in [-0.1, -0.05) is 35.9 Å². The molecule has 2 heteroatoms. The molecule has 78 valence electrons. The summed E-state index contributed by atoms with van der Waals surface area (Å²) in [5.41, 5.74) is 1.32. The van der Waals surface area contributed by atoms with Gasteiger partial charge in [-0.05, 0) is 37.0 Å². The highest BCUT2D eigenvalue weighted by molar-refractivity contribution is 6.30. The molecule has 1 aromatic rings. The summed E-state index contributed by atoms with van der Waals surface area (Å²) in [6, 6.07) is 8.01. The molecule has 1 heterocycles. The second-order valence-corrected chi connectivity index (χ2v) is 4.77. The highest BCUT2D eigenvalue weighted by atomic mass is 35.5. The van der Waals surface area contributed by atoms with Gasteiger partial charge in [0.1, 0.15) is 11.7 Å². The van der Waals surface area contributed by atoms with Crippen LogP contribution in [0.15, 0.2) is 36.4 Å². The van der Waals surface area contributed by atoms with Crippen LogP contribution in [0.4, 0.5) is 0 Å². The zero-order valence-electron chi connectivity index (χ0n) is 8.45. The van der Waals surface area contributed by atoms with Crippen LogP contribution < -0.4 is 0 Å². The maximum Gasteiger partial charge on any atom is 0.113 e. The maximum absolute atomic E-state index is 5.97. The molecular formula is C13H13ClO. The molecule has 0 aromatic heterocycles. The number of hydrogen-bond donors (Lipinski definition) is 0. The third-order valence-electron chi connectivity index (χ3n) is 3.29. The fraction of sp³-hybridized carbons (Fsp3) is 0.385. The fourth-order valence-corrected chi connectivity index (χ4v) is 2.62. The summed E-state index contributed by atoms with van der Waals surface area (Å²) in [5, 5.41) is 0.796. The van der Waals surface area contributed by atoms with Crippen LogP contribution in [0.2, 0.25) is 5.02 Å². The lowest BCUT2D eigenvalue weighted by Gasteiger charge is -2.13. The maximum atomic E-state index is 5.97. The molecule has 0 radical (unpaired) electrons. The Morgan fingerprint density at radius 1 is 1.33 bits per heavy atom. The molecule has 1 saturated heterocycles. The summed E-state index contributed by atoms with van der Waals surface area (Å²) in [5.74, 6) is 0. The van der Waals surface area contributed by atoms with Gasteiger partial charge in [-0.3, -0.25) is 0 Å². The van der Waals surface area contributed by atoms with E-state index in [1.165, 1.54) is 5.56 Å². The molecule has 2 unspecified atom stereocenters. The van der Waals surface area contributed by atoms with Crippen molar-refractivity contribution >= 4 is 11.6 Å². The number of hydrogen-bond acceptors (Lipinski definition) is 1. The van der Waals surface area contributed by atoms with Crippen LogP contribution in [0.5, 0.6) is 0 Å². The predicted octanol–water partition coefficient (Wildman–Crippen LogP) is 3.89. The molecule has 2 aliphatic rings. The van der Waals surface area contributed by atoms with Crippen molar-refractivity contribution in [1.82, 2.24) is 0 Å². The normalized spacial score (nSPS) is 33.3. The Bertz CT molecular complexity index is 413. The summed E-state index contributed by atoms with van der Waals surface area (Å²) in [6.45, 7) is 0. The van der Waals surface area contributed by atoms with Crippen molar-refractivity contribution in [3.05, 3.63) is 47.0 Å². The number of allylic oxidation sites excluding steroid dienone is 1. The standard InChI is InChI=1S/C13H13ClO/c14-11-6-4-5-10(9-11)12-13(15-12)7-2-1-3-8-13/h1-2,4-6,9,12H,3,7-8H2. The van der Waals surface area contributed by atoms with Gasteiger partial charge in [-0.2, -0.15) is 0 Å². The van der Waals surface area contributed by atoms with E-state index in [-0.39, 0.29) is 11.7 Å². The van der Waals surface area contributed by atoms with Crippen LogP contribution in [-0.2, 0) is 4.74 Å². The fourth-order valence-electron chi connectivity index (χ4n) is 2.42. The van der Waals surface area contributed by atoms with Gasteiger partial charge >= 0.3 is 0 Å². The van der Waals surface area contributed by atoms with E-state index in [0.717, 1.165) is 24.3 Å². The molecule has 0 saturated carbocycles. The predicted molar refractivity (Wildman–Crippen MR) is 61.0 cm³/mol. The van der Waals surface area contributed by atoms with Crippen molar-refractivity contribution in [3.8, 4) is 0 Å². The van der Waals surface area contributed by atoms with Gasteiger partial charge in [0, 0.05) is 5.02 Å². The average Bonchev–Trinajstić information content (AvgIpc) is 2.93. The number of benzene rings is 1. The Kier molecular flexibility index (Phi) is 2.11. The number of rotatable bonds is 1. The summed E-state index contributed by atoms with van der Waals surface area (Å²) >= 11 is 5.97. The smallest absolute Gasteiger partial charge is 0.113 e. The first-order valence-corrected chi connectivity index (χ1v) is 5.76. The van der Waals surface area contributed by atoms with E-state index in [4.69, 9.17) is 16.3 Å². The molecule has 1 aromatic carbocycles. The zero-order chi connectivity index (χ0) is 10.3.